The lowest BCUT2D eigenvalue weighted by Gasteiger charge is -2.17. The van der Waals surface area contributed by atoms with E-state index in [1.54, 1.807) is 10.0 Å². The number of anilines is 1. The van der Waals surface area contributed by atoms with E-state index in [1.807, 2.05) is 57.2 Å². The standard InChI is InChI=1S/C19H20N2O2S/c1-4-16(18(22)20-15-10-7-8-12(2)13(15)3)21-19(23)14-9-5-6-11-17(14)24-21/h5-11,16H,4H2,1-3H3,(H,20,22)/t16-/m0/s1. The highest BCUT2D eigenvalue weighted by molar-refractivity contribution is 7.14. The number of hydrogen-bond donors (Lipinski definition) is 1. The number of benzene rings is 2. The fourth-order valence-electron chi connectivity index (χ4n) is 2.75. The van der Waals surface area contributed by atoms with Crippen LogP contribution in [-0.4, -0.2) is 9.86 Å². The van der Waals surface area contributed by atoms with E-state index in [0.29, 0.717) is 11.8 Å². The molecule has 24 heavy (non-hydrogen) atoms. The molecule has 0 unspecified atom stereocenters. The van der Waals surface area contributed by atoms with Crippen LogP contribution in [0.4, 0.5) is 5.69 Å². The molecule has 1 amide bonds. The summed E-state index contributed by atoms with van der Waals surface area (Å²) in [7, 11) is 0. The summed E-state index contributed by atoms with van der Waals surface area (Å²) in [5, 5.41) is 3.65. The number of fused-ring (bicyclic) bond motifs is 1. The van der Waals surface area contributed by atoms with E-state index in [0.717, 1.165) is 21.5 Å². The molecule has 0 aliphatic heterocycles. The van der Waals surface area contributed by atoms with Crippen LogP contribution in [0.15, 0.2) is 47.3 Å². The van der Waals surface area contributed by atoms with E-state index < -0.39 is 6.04 Å². The van der Waals surface area contributed by atoms with Gasteiger partial charge in [-0.1, -0.05) is 42.7 Å². The Balaban J connectivity index is 1.95. The third-order valence-corrected chi connectivity index (χ3v) is 5.52. The summed E-state index contributed by atoms with van der Waals surface area (Å²) < 4.78 is 2.49. The van der Waals surface area contributed by atoms with Crippen LogP contribution in [0, 0.1) is 13.8 Å². The van der Waals surface area contributed by atoms with Gasteiger partial charge in [-0.3, -0.25) is 13.5 Å². The minimum atomic E-state index is -0.505. The fraction of sp³-hybridized carbons (Fsp3) is 0.263. The van der Waals surface area contributed by atoms with E-state index in [2.05, 4.69) is 5.32 Å². The second kappa shape index (κ2) is 6.61. The first-order valence-corrected chi connectivity index (χ1v) is 8.78. The van der Waals surface area contributed by atoms with E-state index in [4.69, 9.17) is 0 Å². The molecule has 1 atom stereocenters. The molecule has 124 valence electrons. The second-order valence-corrected chi connectivity index (χ2v) is 6.89. The van der Waals surface area contributed by atoms with Gasteiger partial charge in [0, 0.05) is 5.69 Å². The number of amides is 1. The Morgan fingerprint density at radius 1 is 1.17 bits per heavy atom. The fourth-order valence-corrected chi connectivity index (χ4v) is 3.91. The zero-order valence-electron chi connectivity index (χ0n) is 14.0. The highest BCUT2D eigenvalue weighted by Crippen LogP contribution is 2.24. The molecule has 0 radical (unpaired) electrons. The molecule has 0 spiro atoms. The van der Waals surface area contributed by atoms with Crippen molar-refractivity contribution in [3.8, 4) is 0 Å². The van der Waals surface area contributed by atoms with Crippen molar-refractivity contribution in [3.63, 3.8) is 0 Å². The SMILES string of the molecule is CC[C@@H](C(=O)Nc1cccc(C)c1C)n1sc2ccccc2c1=O. The molecule has 1 N–H and O–H groups in total. The van der Waals surface area contributed by atoms with Gasteiger partial charge in [0.2, 0.25) is 5.91 Å². The Morgan fingerprint density at radius 3 is 2.62 bits per heavy atom. The summed E-state index contributed by atoms with van der Waals surface area (Å²) >= 11 is 1.35. The first kappa shape index (κ1) is 16.5. The van der Waals surface area contributed by atoms with Gasteiger partial charge in [-0.05, 0) is 49.6 Å². The lowest BCUT2D eigenvalue weighted by atomic mass is 10.1. The highest BCUT2D eigenvalue weighted by atomic mass is 32.1. The Kier molecular flexibility index (Phi) is 4.53. The number of aromatic nitrogens is 1. The summed E-state index contributed by atoms with van der Waals surface area (Å²) in [6.07, 6.45) is 0.559. The zero-order valence-corrected chi connectivity index (χ0v) is 14.8. The van der Waals surface area contributed by atoms with Gasteiger partial charge in [-0.2, -0.15) is 0 Å². The van der Waals surface area contributed by atoms with Crippen LogP contribution in [-0.2, 0) is 4.79 Å². The molecule has 3 rings (SSSR count). The predicted octanol–water partition coefficient (Wildman–Crippen LogP) is 4.27. The van der Waals surface area contributed by atoms with Crippen LogP contribution in [0.25, 0.3) is 10.1 Å². The van der Waals surface area contributed by atoms with Crippen molar-refractivity contribution in [2.24, 2.45) is 0 Å². The third kappa shape index (κ3) is 2.87. The van der Waals surface area contributed by atoms with Gasteiger partial charge in [0.15, 0.2) is 0 Å². The summed E-state index contributed by atoms with van der Waals surface area (Å²) in [6, 6.07) is 12.8. The Morgan fingerprint density at radius 2 is 1.92 bits per heavy atom. The number of carbonyl (C=O) groups is 1. The molecule has 1 heterocycles. The van der Waals surface area contributed by atoms with Gasteiger partial charge in [-0.25, -0.2) is 0 Å². The minimum Gasteiger partial charge on any atom is -0.324 e. The monoisotopic (exact) mass is 340 g/mol. The number of hydrogen-bond acceptors (Lipinski definition) is 3. The Labute approximate surface area is 144 Å². The number of nitrogens with one attached hydrogen (secondary N) is 1. The minimum absolute atomic E-state index is 0.0986. The van der Waals surface area contributed by atoms with Crippen LogP contribution in [0.5, 0.6) is 0 Å². The lowest BCUT2D eigenvalue weighted by Crippen LogP contribution is -2.30. The zero-order chi connectivity index (χ0) is 17.3. The van der Waals surface area contributed by atoms with Crippen LogP contribution in [0.3, 0.4) is 0 Å². The molecule has 4 nitrogen and oxygen atoms in total. The summed E-state index contributed by atoms with van der Waals surface area (Å²) in [4.78, 5) is 25.4. The smallest absolute Gasteiger partial charge is 0.269 e. The molecule has 3 aromatic rings. The van der Waals surface area contributed by atoms with Gasteiger partial charge < -0.3 is 5.32 Å². The van der Waals surface area contributed by atoms with E-state index in [9.17, 15) is 9.59 Å². The van der Waals surface area contributed by atoms with Gasteiger partial charge in [-0.15, -0.1) is 0 Å². The molecular weight excluding hydrogens is 320 g/mol. The maximum absolute atomic E-state index is 12.8. The molecule has 0 saturated carbocycles. The van der Waals surface area contributed by atoms with Crippen molar-refractivity contribution >= 4 is 33.2 Å². The number of carbonyl (C=O) groups excluding carboxylic acids is 1. The van der Waals surface area contributed by atoms with Crippen LogP contribution in [0.1, 0.15) is 30.5 Å². The van der Waals surface area contributed by atoms with Gasteiger partial charge in [0.1, 0.15) is 6.04 Å². The molecule has 0 aliphatic carbocycles. The maximum atomic E-state index is 12.8. The summed E-state index contributed by atoms with van der Waals surface area (Å²) in [5.41, 5.74) is 2.87. The highest BCUT2D eigenvalue weighted by Gasteiger charge is 2.23. The first-order chi connectivity index (χ1) is 11.5. The van der Waals surface area contributed by atoms with Crippen molar-refractivity contribution < 1.29 is 4.79 Å². The molecule has 0 fully saturated rings. The van der Waals surface area contributed by atoms with Crippen molar-refractivity contribution in [1.82, 2.24) is 3.96 Å². The molecule has 5 heteroatoms. The Hall–Kier alpha value is -2.40. The molecule has 0 aliphatic rings. The Bertz CT molecular complexity index is 955. The summed E-state index contributed by atoms with van der Waals surface area (Å²) in [5.74, 6) is -0.153. The number of nitrogens with zero attached hydrogens (tertiary/aromatic N) is 1. The molecular formula is C19H20N2O2S. The lowest BCUT2D eigenvalue weighted by molar-refractivity contribution is -0.119. The van der Waals surface area contributed by atoms with Gasteiger partial charge in [0.05, 0.1) is 10.1 Å². The van der Waals surface area contributed by atoms with Crippen molar-refractivity contribution in [2.45, 2.75) is 33.2 Å². The number of aryl methyl sites for hydroxylation is 1. The average Bonchev–Trinajstić information content (AvgIpc) is 2.90. The molecule has 0 saturated heterocycles. The van der Waals surface area contributed by atoms with Crippen LogP contribution in [0.2, 0.25) is 0 Å². The average molecular weight is 340 g/mol. The topological polar surface area (TPSA) is 51.1 Å². The van der Waals surface area contributed by atoms with Crippen molar-refractivity contribution in [1.29, 1.82) is 0 Å². The quantitative estimate of drug-likeness (QED) is 0.771. The van der Waals surface area contributed by atoms with Crippen LogP contribution < -0.4 is 10.9 Å². The first-order valence-electron chi connectivity index (χ1n) is 8.00. The van der Waals surface area contributed by atoms with E-state index in [1.165, 1.54) is 11.5 Å². The largest absolute Gasteiger partial charge is 0.324 e. The van der Waals surface area contributed by atoms with E-state index >= 15 is 0 Å². The normalized spacial score (nSPS) is 12.3. The van der Waals surface area contributed by atoms with Gasteiger partial charge in [0.25, 0.3) is 5.56 Å². The molecule has 1 aromatic heterocycles. The van der Waals surface area contributed by atoms with Gasteiger partial charge >= 0.3 is 0 Å². The summed E-state index contributed by atoms with van der Waals surface area (Å²) in [6.45, 7) is 5.92. The molecule has 2 aromatic carbocycles. The van der Waals surface area contributed by atoms with Crippen molar-refractivity contribution in [3.05, 3.63) is 63.9 Å². The van der Waals surface area contributed by atoms with Crippen molar-refractivity contribution in [2.75, 3.05) is 5.32 Å². The number of rotatable bonds is 4. The maximum Gasteiger partial charge on any atom is 0.269 e. The van der Waals surface area contributed by atoms with Crippen LogP contribution >= 0.6 is 11.5 Å². The predicted molar refractivity (Wildman–Crippen MR) is 100.0 cm³/mol. The third-order valence-electron chi connectivity index (χ3n) is 4.35. The molecule has 0 bridgehead atoms. The second-order valence-electron chi connectivity index (χ2n) is 5.88. The van der Waals surface area contributed by atoms with E-state index in [-0.39, 0.29) is 11.5 Å².